The van der Waals surface area contributed by atoms with Crippen LogP contribution in [0.15, 0.2) is 0 Å². The Balaban J connectivity index is 3.64. The Kier molecular flexibility index (Phi) is 13.5. The van der Waals surface area contributed by atoms with E-state index in [0.717, 1.165) is 12.8 Å². The molecule has 0 aliphatic carbocycles. The van der Waals surface area contributed by atoms with E-state index in [0.29, 0.717) is 0 Å². The van der Waals surface area contributed by atoms with Crippen molar-refractivity contribution in [1.29, 1.82) is 0 Å². The number of unbranched alkanes of at least 4 members (excludes halogenated alkanes) is 8. The molecule has 0 aromatic carbocycles. The highest BCUT2D eigenvalue weighted by Crippen LogP contribution is 2.18. The van der Waals surface area contributed by atoms with Gasteiger partial charge in [-0.15, -0.1) is 0 Å². The molecule has 1 unspecified atom stereocenters. The van der Waals surface area contributed by atoms with Crippen LogP contribution in [0.25, 0.3) is 0 Å². The molecule has 0 aromatic rings. The quantitative estimate of drug-likeness (QED) is 0.465. The second kappa shape index (κ2) is 13.9. The van der Waals surface area contributed by atoms with E-state index in [4.69, 9.17) is 0 Å². The van der Waals surface area contributed by atoms with Crippen LogP contribution in [0.1, 0.15) is 90.9 Å². The third kappa shape index (κ3) is 11.0. The highest BCUT2D eigenvalue weighted by Gasteiger charge is 2.15. The molecule has 0 aliphatic rings. The molecule has 0 bridgehead atoms. The van der Waals surface area contributed by atoms with Crippen LogP contribution in [-0.2, 0) is 4.79 Å². The molecule has 0 saturated heterocycles. The van der Waals surface area contributed by atoms with Crippen LogP contribution >= 0.6 is 0 Å². The smallest absolute Gasteiger partial charge is 0.222 e. The van der Waals surface area contributed by atoms with Gasteiger partial charge >= 0.3 is 0 Å². The van der Waals surface area contributed by atoms with E-state index in [9.17, 15) is 4.79 Å². The molecule has 0 rings (SSSR count). The van der Waals surface area contributed by atoms with Crippen molar-refractivity contribution in [2.75, 3.05) is 7.05 Å². The van der Waals surface area contributed by atoms with Crippen LogP contribution in [0.3, 0.4) is 0 Å². The molecular formula is C17H35NO. The average molecular weight is 269 g/mol. The highest BCUT2D eigenvalue weighted by atomic mass is 16.1. The summed E-state index contributed by atoms with van der Waals surface area (Å²) in [5, 5.41) is 2.82. The van der Waals surface area contributed by atoms with Gasteiger partial charge in [0.1, 0.15) is 0 Å². The zero-order valence-corrected chi connectivity index (χ0v) is 13.5. The molecule has 0 saturated carbocycles. The number of amides is 1. The molecule has 0 aliphatic heterocycles. The summed E-state index contributed by atoms with van der Waals surface area (Å²) in [6, 6.07) is 0. The van der Waals surface area contributed by atoms with Crippen LogP contribution in [0, 0.1) is 5.92 Å². The van der Waals surface area contributed by atoms with Crippen LogP contribution in [0.5, 0.6) is 0 Å². The number of nitrogens with one attached hydrogen (secondary N) is 1. The number of hydrogen-bond acceptors (Lipinski definition) is 1. The van der Waals surface area contributed by atoms with Crippen molar-refractivity contribution >= 4 is 5.91 Å². The lowest BCUT2D eigenvalue weighted by molar-refractivity contribution is -0.125. The summed E-state index contributed by atoms with van der Waals surface area (Å²) in [7, 11) is 1.76. The Morgan fingerprint density at radius 3 is 1.74 bits per heavy atom. The second-order valence-corrected chi connectivity index (χ2v) is 5.72. The lowest BCUT2D eigenvalue weighted by Gasteiger charge is -2.15. The van der Waals surface area contributed by atoms with E-state index in [1.54, 1.807) is 7.05 Å². The van der Waals surface area contributed by atoms with Crippen molar-refractivity contribution in [3.63, 3.8) is 0 Å². The third-order valence-corrected chi connectivity index (χ3v) is 3.93. The molecule has 0 spiro atoms. The van der Waals surface area contributed by atoms with Gasteiger partial charge in [-0.2, -0.15) is 0 Å². The van der Waals surface area contributed by atoms with Gasteiger partial charge in [0.25, 0.3) is 0 Å². The van der Waals surface area contributed by atoms with Gasteiger partial charge in [0, 0.05) is 13.0 Å². The summed E-state index contributed by atoms with van der Waals surface area (Å²) in [4.78, 5) is 11.8. The van der Waals surface area contributed by atoms with Gasteiger partial charge in [-0.1, -0.05) is 78.1 Å². The van der Waals surface area contributed by atoms with Gasteiger partial charge in [-0.3, -0.25) is 4.79 Å². The van der Waals surface area contributed by atoms with Crippen LogP contribution in [-0.4, -0.2) is 13.0 Å². The number of carbonyl (C=O) groups excluding carboxylic acids is 1. The summed E-state index contributed by atoms with van der Waals surface area (Å²) < 4.78 is 0. The van der Waals surface area contributed by atoms with Gasteiger partial charge in [-0.25, -0.2) is 0 Å². The minimum Gasteiger partial charge on any atom is -0.359 e. The first-order valence-corrected chi connectivity index (χ1v) is 8.47. The second-order valence-electron chi connectivity index (χ2n) is 5.72. The Labute approximate surface area is 120 Å². The zero-order chi connectivity index (χ0) is 14.3. The van der Waals surface area contributed by atoms with Crippen molar-refractivity contribution in [1.82, 2.24) is 5.32 Å². The minimum absolute atomic E-state index is 0.252. The van der Waals surface area contributed by atoms with Crippen LogP contribution in [0.2, 0.25) is 0 Å². The minimum atomic E-state index is 0.252. The van der Waals surface area contributed by atoms with Gasteiger partial charge in [0.05, 0.1) is 0 Å². The van der Waals surface area contributed by atoms with E-state index >= 15 is 0 Å². The third-order valence-electron chi connectivity index (χ3n) is 3.93. The molecule has 0 radical (unpaired) electrons. The molecule has 114 valence electrons. The molecule has 2 heteroatoms. The molecule has 0 fully saturated rings. The van der Waals surface area contributed by atoms with Crippen molar-refractivity contribution in [2.45, 2.75) is 90.9 Å². The number of rotatable bonds is 13. The van der Waals surface area contributed by atoms with Crippen molar-refractivity contribution < 1.29 is 4.79 Å². The predicted octanol–water partition coefficient (Wildman–Crippen LogP) is 5.07. The Bertz CT molecular complexity index is 203. The van der Waals surface area contributed by atoms with E-state index in [2.05, 4.69) is 19.2 Å². The standard InChI is InChI=1S/C17H35NO/c1-4-6-8-9-10-11-13-15-16(17(19)18-3)14-12-7-5-2/h16H,4-15H2,1-3H3,(H,18,19). The topological polar surface area (TPSA) is 29.1 Å². The molecule has 0 heterocycles. The molecule has 2 nitrogen and oxygen atoms in total. The largest absolute Gasteiger partial charge is 0.359 e. The van der Waals surface area contributed by atoms with E-state index in [-0.39, 0.29) is 11.8 Å². The van der Waals surface area contributed by atoms with Gasteiger partial charge in [-0.05, 0) is 12.8 Å². The lowest BCUT2D eigenvalue weighted by atomic mass is 9.94. The fourth-order valence-electron chi connectivity index (χ4n) is 2.60. The Hall–Kier alpha value is -0.530. The van der Waals surface area contributed by atoms with Crippen molar-refractivity contribution in [3.05, 3.63) is 0 Å². The lowest BCUT2D eigenvalue weighted by Crippen LogP contribution is -2.27. The number of carbonyl (C=O) groups is 1. The predicted molar refractivity (Wildman–Crippen MR) is 84.3 cm³/mol. The number of hydrogen-bond donors (Lipinski definition) is 1. The first-order valence-electron chi connectivity index (χ1n) is 8.47. The summed E-state index contributed by atoms with van der Waals surface area (Å²) in [6.45, 7) is 4.47. The molecular weight excluding hydrogens is 234 g/mol. The first-order chi connectivity index (χ1) is 9.26. The molecule has 1 amide bonds. The molecule has 0 aromatic heterocycles. The van der Waals surface area contributed by atoms with E-state index in [1.807, 2.05) is 0 Å². The van der Waals surface area contributed by atoms with Gasteiger partial charge < -0.3 is 5.32 Å². The average Bonchev–Trinajstić information content (AvgIpc) is 2.43. The maximum atomic E-state index is 11.8. The van der Waals surface area contributed by atoms with Gasteiger partial charge in [0.15, 0.2) is 0 Å². The summed E-state index contributed by atoms with van der Waals surface area (Å²) in [5.74, 6) is 0.509. The fourth-order valence-corrected chi connectivity index (χ4v) is 2.60. The van der Waals surface area contributed by atoms with Crippen molar-refractivity contribution in [2.24, 2.45) is 5.92 Å². The Morgan fingerprint density at radius 2 is 1.21 bits per heavy atom. The fraction of sp³-hybridized carbons (Fsp3) is 0.941. The highest BCUT2D eigenvalue weighted by molar-refractivity contribution is 5.78. The van der Waals surface area contributed by atoms with E-state index < -0.39 is 0 Å². The van der Waals surface area contributed by atoms with Crippen molar-refractivity contribution in [3.8, 4) is 0 Å². The maximum Gasteiger partial charge on any atom is 0.222 e. The monoisotopic (exact) mass is 269 g/mol. The zero-order valence-electron chi connectivity index (χ0n) is 13.5. The first kappa shape index (κ1) is 18.5. The Morgan fingerprint density at radius 1 is 0.789 bits per heavy atom. The van der Waals surface area contributed by atoms with Crippen LogP contribution < -0.4 is 5.32 Å². The molecule has 1 N–H and O–H groups in total. The van der Waals surface area contributed by atoms with E-state index in [1.165, 1.54) is 64.2 Å². The molecule has 1 atom stereocenters. The summed E-state index contributed by atoms with van der Waals surface area (Å²) in [5.41, 5.74) is 0. The SMILES string of the molecule is CCCCCCCCCC(CCCCC)C(=O)NC. The van der Waals surface area contributed by atoms with Crippen LogP contribution in [0.4, 0.5) is 0 Å². The molecule has 19 heavy (non-hydrogen) atoms. The summed E-state index contributed by atoms with van der Waals surface area (Å²) in [6.07, 6.45) is 15.1. The van der Waals surface area contributed by atoms with Gasteiger partial charge in [0.2, 0.25) is 5.91 Å². The maximum absolute atomic E-state index is 11.8. The summed E-state index contributed by atoms with van der Waals surface area (Å²) >= 11 is 0. The normalized spacial score (nSPS) is 12.4.